The zero-order valence-corrected chi connectivity index (χ0v) is 12.7. The maximum Gasteiger partial charge on any atom is 0.251 e. The summed E-state index contributed by atoms with van der Waals surface area (Å²) in [5.41, 5.74) is 1.60. The molecule has 2 rings (SSSR count). The van der Waals surface area contributed by atoms with Crippen LogP contribution in [0.1, 0.15) is 21.5 Å². The van der Waals surface area contributed by atoms with E-state index >= 15 is 0 Å². The second kappa shape index (κ2) is 8.20. The topological polar surface area (TPSA) is 52.9 Å². The number of carbonyl (C=O) groups excluding carboxylic acids is 1. The Morgan fingerprint density at radius 2 is 2.05 bits per heavy atom. The molecule has 1 amide bonds. The van der Waals surface area contributed by atoms with E-state index in [-0.39, 0.29) is 11.7 Å². The second-order valence-electron chi connectivity index (χ2n) is 4.59. The lowest BCUT2D eigenvalue weighted by atomic mass is 10.1. The molecule has 0 bridgehead atoms. The van der Waals surface area contributed by atoms with E-state index in [1.165, 1.54) is 6.07 Å². The number of rotatable bonds is 6. The Morgan fingerprint density at radius 3 is 2.82 bits per heavy atom. The maximum atomic E-state index is 13.4. The van der Waals surface area contributed by atoms with Crippen LogP contribution in [0.3, 0.4) is 0 Å². The smallest absolute Gasteiger partial charge is 0.251 e. The minimum absolute atomic E-state index is 0.202. The summed E-state index contributed by atoms with van der Waals surface area (Å²) in [5, 5.41) is 11.6. The van der Waals surface area contributed by atoms with E-state index < -0.39 is 0 Å². The van der Waals surface area contributed by atoms with Crippen LogP contribution in [0.4, 0.5) is 4.39 Å². The van der Waals surface area contributed by atoms with Gasteiger partial charge in [0.25, 0.3) is 5.91 Å². The zero-order valence-electron chi connectivity index (χ0n) is 11.9. The predicted octanol–water partition coefficient (Wildman–Crippen LogP) is 3.36. The lowest BCUT2D eigenvalue weighted by Gasteiger charge is -2.06. The molecular weight excluding hydrogens is 299 g/mol. The molecule has 0 unspecified atom stereocenters. The fraction of sp³-hybridized carbons (Fsp3) is 0.176. The molecule has 112 valence electrons. The summed E-state index contributed by atoms with van der Waals surface area (Å²) in [6.45, 7) is 0.495. The molecule has 0 fully saturated rings. The highest BCUT2D eigenvalue weighted by Gasteiger charge is 2.05. The summed E-state index contributed by atoms with van der Waals surface area (Å²) in [6.07, 6.45) is 0. The Morgan fingerprint density at radius 1 is 1.23 bits per heavy atom. The van der Waals surface area contributed by atoms with Crippen LogP contribution in [-0.2, 0) is 5.75 Å². The first-order valence-corrected chi connectivity index (χ1v) is 7.95. The molecule has 0 aromatic heterocycles. The van der Waals surface area contributed by atoms with Crippen LogP contribution in [0.5, 0.6) is 0 Å². The Labute approximate surface area is 133 Å². The summed E-state index contributed by atoms with van der Waals surface area (Å²) >= 11 is 1.56. The maximum absolute atomic E-state index is 13.4. The first kappa shape index (κ1) is 16.1. The molecule has 0 atom stereocenters. The number of nitrogens with zero attached hydrogens (tertiary/aromatic N) is 1. The van der Waals surface area contributed by atoms with Crippen molar-refractivity contribution in [2.75, 3.05) is 12.3 Å². The standard InChI is InChI=1S/C17H15FN2OS/c18-16-7-2-1-5-15(16)12-22-9-8-20-17(21)14-6-3-4-13(10-14)11-19/h1-7,10H,8-9,12H2,(H,20,21). The van der Waals surface area contributed by atoms with Crippen molar-refractivity contribution < 1.29 is 9.18 Å². The number of halogens is 1. The minimum atomic E-state index is -0.205. The molecule has 0 saturated carbocycles. The Bertz CT molecular complexity index is 697. The van der Waals surface area contributed by atoms with E-state index in [2.05, 4.69) is 5.32 Å². The Kier molecular flexibility index (Phi) is 5.99. The third kappa shape index (κ3) is 4.61. The van der Waals surface area contributed by atoms with Crippen molar-refractivity contribution in [3.05, 3.63) is 71.0 Å². The number of hydrogen-bond acceptors (Lipinski definition) is 3. The van der Waals surface area contributed by atoms with Crippen molar-refractivity contribution in [3.63, 3.8) is 0 Å². The number of amides is 1. The van der Waals surface area contributed by atoms with E-state index in [1.807, 2.05) is 12.1 Å². The van der Waals surface area contributed by atoms with Crippen LogP contribution < -0.4 is 5.32 Å². The molecule has 0 aliphatic heterocycles. The van der Waals surface area contributed by atoms with Crippen LogP contribution in [-0.4, -0.2) is 18.2 Å². The lowest BCUT2D eigenvalue weighted by Crippen LogP contribution is -2.25. The summed E-state index contributed by atoms with van der Waals surface area (Å²) in [4.78, 5) is 11.9. The minimum Gasteiger partial charge on any atom is -0.351 e. The molecule has 0 spiro atoms. The highest BCUT2D eigenvalue weighted by Crippen LogP contribution is 2.14. The molecule has 0 heterocycles. The molecule has 22 heavy (non-hydrogen) atoms. The SMILES string of the molecule is N#Cc1cccc(C(=O)NCCSCc2ccccc2F)c1. The van der Waals surface area contributed by atoms with Gasteiger partial charge in [-0.15, -0.1) is 0 Å². The zero-order chi connectivity index (χ0) is 15.8. The number of nitrogens with one attached hydrogen (secondary N) is 1. The molecule has 0 radical (unpaired) electrons. The molecule has 5 heteroatoms. The van der Waals surface area contributed by atoms with Gasteiger partial charge in [0, 0.05) is 23.6 Å². The fourth-order valence-electron chi connectivity index (χ4n) is 1.87. The summed E-state index contributed by atoms with van der Waals surface area (Å²) in [6, 6.07) is 15.2. The van der Waals surface area contributed by atoms with Gasteiger partial charge in [-0.3, -0.25) is 4.79 Å². The molecule has 0 saturated heterocycles. The third-order valence-corrected chi connectivity index (χ3v) is 4.01. The van der Waals surface area contributed by atoms with E-state index in [0.717, 1.165) is 0 Å². The molecule has 0 aliphatic carbocycles. The molecule has 1 N–H and O–H groups in total. The van der Waals surface area contributed by atoms with Gasteiger partial charge in [-0.25, -0.2) is 4.39 Å². The van der Waals surface area contributed by atoms with Crippen molar-refractivity contribution in [1.29, 1.82) is 5.26 Å². The summed E-state index contributed by atoms with van der Waals surface area (Å²) in [7, 11) is 0. The first-order chi connectivity index (χ1) is 10.7. The van der Waals surface area contributed by atoms with Crippen LogP contribution in [0.25, 0.3) is 0 Å². The Balaban J connectivity index is 1.73. The largest absolute Gasteiger partial charge is 0.351 e. The highest BCUT2D eigenvalue weighted by molar-refractivity contribution is 7.98. The van der Waals surface area contributed by atoms with Crippen molar-refractivity contribution in [2.45, 2.75) is 5.75 Å². The monoisotopic (exact) mass is 314 g/mol. The fourth-order valence-corrected chi connectivity index (χ4v) is 2.71. The summed E-state index contributed by atoms with van der Waals surface area (Å²) in [5.74, 6) is 0.862. The number of hydrogen-bond donors (Lipinski definition) is 1. The highest BCUT2D eigenvalue weighted by atomic mass is 32.2. The van der Waals surface area contributed by atoms with E-state index in [4.69, 9.17) is 5.26 Å². The van der Waals surface area contributed by atoms with Gasteiger partial charge >= 0.3 is 0 Å². The van der Waals surface area contributed by atoms with Crippen LogP contribution in [0.2, 0.25) is 0 Å². The average Bonchev–Trinajstić information content (AvgIpc) is 2.56. The van der Waals surface area contributed by atoms with Gasteiger partial charge < -0.3 is 5.32 Å². The van der Waals surface area contributed by atoms with Gasteiger partial charge in [-0.2, -0.15) is 17.0 Å². The third-order valence-electron chi connectivity index (χ3n) is 3.00. The van der Waals surface area contributed by atoms with Crippen LogP contribution in [0.15, 0.2) is 48.5 Å². The van der Waals surface area contributed by atoms with Gasteiger partial charge in [0.2, 0.25) is 0 Å². The molecular formula is C17H15FN2OS. The van der Waals surface area contributed by atoms with Gasteiger partial charge in [0.05, 0.1) is 11.6 Å². The second-order valence-corrected chi connectivity index (χ2v) is 5.70. The molecule has 2 aromatic rings. The van der Waals surface area contributed by atoms with Crippen LogP contribution >= 0.6 is 11.8 Å². The quantitative estimate of drug-likeness (QED) is 0.832. The number of thioether (sulfide) groups is 1. The van der Waals surface area contributed by atoms with Gasteiger partial charge in [-0.1, -0.05) is 24.3 Å². The molecule has 2 aromatic carbocycles. The van der Waals surface area contributed by atoms with Crippen molar-refractivity contribution in [2.24, 2.45) is 0 Å². The van der Waals surface area contributed by atoms with E-state index in [9.17, 15) is 9.18 Å². The number of carbonyl (C=O) groups is 1. The molecule has 3 nitrogen and oxygen atoms in total. The normalized spacial score (nSPS) is 10.0. The van der Waals surface area contributed by atoms with Crippen molar-refractivity contribution in [1.82, 2.24) is 5.32 Å². The van der Waals surface area contributed by atoms with E-state index in [0.29, 0.717) is 34.7 Å². The lowest BCUT2D eigenvalue weighted by molar-refractivity contribution is 0.0956. The summed E-state index contributed by atoms with van der Waals surface area (Å²) < 4.78 is 13.4. The average molecular weight is 314 g/mol. The van der Waals surface area contributed by atoms with Gasteiger partial charge in [0.15, 0.2) is 0 Å². The predicted molar refractivity (Wildman–Crippen MR) is 86.1 cm³/mol. The van der Waals surface area contributed by atoms with Crippen molar-refractivity contribution >= 4 is 17.7 Å². The Hall–Kier alpha value is -2.32. The number of nitriles is 1. The van der Waals surface area contributed by atoms with Gasteiger partial charge in [-0.05, 0) is 29.8 Å². The van der Waals surface area contributed by atoms with E-state index in [1.54, 1.807) is 48.2 Å². The number of benzene rings is 2. The van der Waals surface area contributed by atoms with Crippen molar-refractivity contribution in [3.8, 4) is 6.07 Å². The first-order valence-electron chi connectivity index (χ1n) is 6.80. The van der Waals surface area contributed by atoms with Gasteiger partial charge in [0.1, 0.15) is 5.82 Å². The molecule has 0 aliphatic rings. The van der Waals surface area contributed by atoms with Crippen LogP contribution in [0, 0.1) is 17.1 Å².